The molecule has 0 bridgehead atoms. The second-order valence-corrected chi connectivity index (χ2v) is 4.86. The third-order valence-corrected chi connectivity index (χ3v) is 3.15. The third kappa shape index (κ3) is 3.80. The van der Waals surface area contributed by atoms with E-state index in [-0.39, 0.29) is 11.8 Å². The van der Waals surface area contributed by atoms with Gasteiger partial charge in [-0.3, -0.25) is 0 Å². The molecular formula is C14H14BrF2NO2. The lowest BCUT2D eigenvalue weighted by Gasteiger charge is -2.16. The van der Waals surface area contributed by atoms with Gasteiger partial charge in [0, 0.05) is 0 Å². The van der Waals surface area contributed by atoms with Gasteiger partial charge in [0.1, 0.15) is 11.5 Å². The van der Waals surface area contributed by atoms with E-state index in [1.165, 1.54) is 12.1 Å². The summed E-state index contributed by atoms with van der Waals surface area (Å²) in [5.74, 6) is 0.890. The first-order valence-electron chi connectivity index (χ1n) is 6.13. The quantitative estimate of drug-likeness (QED) is 0.845. The fourth-order valence-corrected chi connectivity index (χ4v) is 2.23. The van der Waals surface area contributed by atoms with Crippen molar-refractivity contribution in [3.05, 3.63) is 52.4 Å². The molecule has 0 radical (unpaired) electrons. The van der Waals surface area contributed by atoms with Gasteiger partial charge >= 0.3 is 6.61 Å². The van der Waals surface area contributed by atoms with Crippen molar-refractivity contribution in [1.29, 1.82) is 0 Å². The van der Waals surface area contributed by atoms with E-state index in [9.17, 15) is 8.78 Å². The molecule has 2 rings (SSSR count). The summed E-state index contributed by atoms with van der Waals surface area (Å²) in [6.45, 7) is -0.0798. The van der Waals surface area contributed by atoms with Crippen molar-refractivity contribution in [3.8, 4) is 5.75 Å². The molecule has 108 valence electrons. The first kappa shape index (κ1) is 15.0. The highest BCUT2D eigenvalue weighted by atomic mass is 79.9. The van der Waals surface area contributed by atoms with Gasteiger partial charge in [-0.05, 0) is 52.3 Å². The molecule has 6 heteroatoms. The van der Waals surface area contributed by atoms with E-state index in [2.05, 4.69) is 26.0 Å². The highest BCUT2D eigenvalue weighted by Gasteiger charge is 2.17. The Morgan fingerprint density at radius 2 is 1.90 bits per heavy atom. The maximum absolute atomic E-state index is 12.1. The number of furan rings is 1. The Balaban J connectivity index is 2.21. The number of rotatable bonds is 6. The minimum Gasteiger partial charge on any atom is -0.452 e. The average molecular weight is 346 g/mol. The van der Waals surface area contributed by atoms with E-state index in [1.807, 2.05) is 19.1 Å². The van der Waals surface area contributed by atoms with Crippen LogP contribution in [0.2, 0.25) is 0 Å². The van der Waals surface area contributed by atoms with Crippen molar-refractivity contribution in [2.45, 2.75) is 19.6 Å². The van der Waals surface area contributed by atoms with Gasteiger partial charge in [0.05, 0.1) is 6.04 Å². The normalized spacial score (nSPS) is 12.7. The molecule has 20 heavy (non-hydrogen) atoms. The zero-order valence-electron chi connectivity index (χ0n) is 10.8. The van der Waals surface area contributed by atoms with Crippen molar-refractivity contribution >= 4 is 15.9 Å². The smallest absolute Gasteiger partial charge is 0.387 e. The Bertz CT molecular complexity index is 542. The van der Waals surface area contributed by atoms with Crippen LogP contribution in [0.4, 0.5) is 8.78 Å². The average Bonchev–Trinajstić information content (AvgIpc) is 2.83. The molecule has 1 N–H and O–H groups in total. The number of alkyl halides is 2. The SMILES string of the molecule is CCNC(c1ccc(OC(F)F)cc1)c1ccc(Br)o1. The van der Waals surface area contributed by atoms with Crippen LogP contribution in [0.5, 0.6) is 5.75 Å². The Labute approximate surface area is 124 Å². The summed E-state index contributed by atoms with van der Waals surface area (Å²) in [7, 11) is 0. The second-order valence-electron chi connectivity index (χ2n) is 4.08. The van der Waals surface area contributed by atoms with Crippen LogP contribution < -0.4 is 10.1 Å². The molecule has 0 amide bonds. The summed E-state index contributed by atoms with van der Waals surface area (Å²) in [5, 5.41) is 3.29. The van der Waals surface area contributed by atoms with Crippen molar-refractivity contribution in [1.82, 2.24) is 5.32 Å². The first-order valence-corrected chi connectivity index (χ1v) is 6.93. The fraction of sp³-hybridized carbons (Fsp3) is 0.286. The topological polar surface area (TPSA) is 34.4 Å². The minimum absolute atomic E-state index is 0.133. The van der Waals surface area contributed by atoms with Crippen LogP contribution >= 0.6 is 15.9 Å². The van der Waals surface area contributed by atoms with Gasteiger partial charge in [0.25, 0.3) is 0 Å². The first-order chi connectivity index (χ1) is 9.60. The van der Waals surface area contributed by atoms with Crippen LogP contribution in [0.15, 0.2) is 45.5 Å². The van der Waals surface area contributed by atoms with Crippen LogP contribution in [-0.2, 0) is 0 Å². The summed E-state index contributed by atoms with van der Waals surface area (Å²) >= 11 is 3.27. The van der Waals surface area contributed by atoms with Crippen molar-refractivity contribution < 1.29 is 17.9 Å². The standard InChI is InChI=1S/C14H14BrF2NO2/c1-2-18-13(11-7-8-12(15)20-11)9-3-5-10(6-4-9)19-14(16)17/h3-8,13-14,18H,2H2,1H3. The third-order valence-electron chi connectivity index (χ3n) is 2.73. The summed E-state index contributed by atoms with van der Waals surface area (Å²) in [6.07, 6.45) is 0. The molecule has 0 saturated heterocycles. The van der Waals surface area contributed by atoms with E-state index < -0.39 is 6.61 Å². The lowest BCUT2D eigenvalue weighted by Crippen LogP contribution is -2.21. The largest absolute Gasteiger partial charge is 0.452 e. The molecule has 2 aromatic rings. The molecule has 0 aliphatic heterocycles. The van der Waals surface area contributed by atoms with Gasteiger partial charge in [-0.25, -0.2) is 0 Å². The lowest BCUT2D eigenvalue weighted by molar-refractivity contribution is -0.0498. The van der Waals surface area contributed by atoms with Crippen molar-refractivity contribution in [2.24, 2.45) is 0 Å². The summed E-state index contributed by atoms with van der Waals surface area (Å²) in [4.78, 5) is 0. The summed E-state index contributed by atoms with van der Waals surface area (Å²) in [6, 6.07) is 10.1. The van der Waals surface area contributed by atoms with Gasteiger partial charge in [0.15, 0.2) is 4.67 Å². The van der Waals surface area contributed by atoms with Crippen LogP contribution in [-0.4, -0.2) is 13.2 Å². The zero-order chi connectivity index (χ0) is 14.5. The number of hydrogen-bond acceptors (Lipinski definition) is 3. The van der Waals surface area contributed by atoms with E-state index in [1.54, 1.807) is 12.1 Å². The predicted octanol–water partition coefficient (Wildman–Crippen LogP) is 4.34. The predicted molar refractivity (Wildman–Crippen MR) is 75.0 cm³/mol. The Morgan fingerprint density at radius 1 is 1.20 bits per heavy atom. The number of nitrogens with one attached hydrogen (secondary N) is 1. The Kier molecular flexibility index (Phi) is 5.14. The molecule has 1 aromatic carbocycles. The molecular weight excluding hydrogens is 332 g/mol. The molecule has 1 unspecified atom stereocenters. The molecule has 0 aliphatic rings. The lowest BCUT2D eigenvalue weighted by atomic mass is 10.0. The number of hydrogen-bond donors (Lipinski definition) is 1. The van der Waals surface area contributed by atoms with Crippen molar-refractivity contribution in [3.63, 3.8) is 0 Å². The monoisotopic (exact) mass is 345 g/mol. The zero-order valence-corrected chi connectivity index (χ0v) is 12.4. The van der Waals surface area contributed by atoms with E-state index in [0.717, 1.165) is 17.9 Å². The summed E-state index contributed by atoms with van der Waals surface area (Å²) < 4.78 is 34.8. The van der Waals surface area contributed by atoms with E-state index in [4.69, 9.17) is 4.42 Å². The van der Waals surface area contributed by atoms with Gasteiger partial charge < -0.3 is 14.5 Å². The number of halogens is 3. The van der Waals surface area contributed by atoms with Crippen LogP contribution in [0.1, 0.15) is 24.3 Å². The number of benzene rings is 1. The van der Waals surface area contributed by atoms with Crippen LogP contribution in [0.25, 0.3) is 0 Å². The molecule has 1 aromatic heterocycles. The van der Waals surface area contributed by atoms with E-state index in [0.29, 0.717) is 4.67 Å². The molecule has 3 nitrogen and oxygen atoms in total. The van der Waals surface area contributed by atoms with Gasteiger partial charge in [0.2, 0.25) is 0 Å². The highest BCUT2D eigenvalue weighted by molar-refractivity contribution is 9.10. The number of ether oxygens (including phenoxy) is 1. The molecule has 0 saturated carbocycles. The fourth-order valence-electron chi connectivity index (χ4n) is 1.91. The van der Waals surface area contributed by atoms with Crippen molar-refractivity contribution in [2.75, 3.05) is 6.54 Å². The highest BCUT2D eigenvalue weighted by Crippen LogP contribution is 2.27. The molecule has 0 fully saturated rings. The second kappa shape index (κ2) is 6.85. The van der Waals surface area contributed by atoms with Crippen LogP contribution in [0, 0.1) is 0 Å². The van der Waals surface area contributed by atoms with Crippen LogP contribution in [0.3, 0.4) is 0 Å². The summed E-state index contributed by atoms with van der Waals surface area (Å²) in [5.41, 5.74) is 0.912. The maximum Gasteiger partial charge on any atom is 0.387 e. The van der Waals surface area contributed by atoms with Gasteiger partial charge in [-0.2, -0.15) is 8.78 Å². The van der Waals surface area contributed by atoms with Gasteiger partial charge in [-0.15, -0.1) is 0 Å². The molecule has 0 spiro atoms. The maximum atomic E-state index is 12.1. The Hall–Kier alpha value is -1.40. The Morgan fingerprint density at radius 3 is 2.40 bits per heavy atom. The van der Waals surface area contributed by atoms with Gasteiger partial charge in [-0.1, -0.05) is 19.1 Å². The molecule has 1 heterocycles. The molecule has 1 atom stereocenters. The van der Waals surface area contributed by atoms with E-state index >= 15 is 0 Å². The minimum atomic E-state index is -2.81. The molecule has 0 aliphatic carbocycles.